The van der Waals surface area contributed by atoms with Crippen molar-refractivity contribution in [3.05, 3.63) is 0 Å². The average Bonchev–Trinajstić information content (AvgIpc) is 1.48. The van der Waals surface area contributed by atoms with E-state index in [9.17, 15) is 98.7 Å². The number of ether oxygens (including phenoxy) is 9. The van der Waals surface area contributed by atoms with Gasteiger partial charge in [-0.2, -0.15) is 0 Å². The van der Waals surface area contributed by atoms with E-state index < -0.39 is 135 Å². The number of rotatable bonds is 70. The number of hydrogen-bond acceptors (Lipinski definition) is 31. The molecule has 0 aromatic heterocycles. The number of hydrogen-bond donors (Lipinski definition) is 20. The van der Waals surface area contributed by atoms with Crippen LogP contribution in [0.4, 0.5) is 0 Å². The molecule has 20 N–H and O–H groups in total. The Balaban J connectivity index is 1.30. The molecule has 4 heterocycles. The molecule has 0 spiro atoms. The number of nitrogens with zero attached hydrogens (tertiary/aromatic N) is 3. The summed E-state index contributed by atoms with van der Waals surface area (Å²) in [6.07, 6.45) is -0.399. The largest absolute Gasteiger partial charge is 0.394 e. The first-order chi connectivity index (χ1) is 62.6. The molecule has 131 heavy (non-hydrogen) atoms. The van der Waals surface area contributed by atoms with Crippen molar-refractivity contribution in [2.45, 2.75) is 331 Å². The first-order valence-electron chi connectivity index (χ1n) is 47.2. The Hall–Kier alpha value is -7.28. The molecule has 0 radical (unpaired) electrons. The predicted octanol–water partition coefficient (Wildman–Crippen LogP) is -3.06. The zero-order valence-corrected chi connectivity index (χ0v) is 78.8. The van der Waals surface area contributed by atoms with E-state index in [4.69, 9.17) is 42.6 Å². The molecule has 0 aromatic carbocycles. The smallest absolute Gasteiger partial charge is 0.350 e. The van der Waals surface area contributed by atoms with Gasteiger partial charge in [-0.15, -0.1) is 0 Å². The number of guanidine groups is 1. The average molecular weight is 1880 g/mol. The summed E-state index contributed by atoms with van der Waals surface area (Å²) in [5.41, 5.74) is -1.39. The third kappa shape index (κ3) is 47.7. The summed E-state index contributed by atoms with van der Waals surface area (Å²) in [4.78, 5) is 145. The first kappa shape index (κ1) is 116. The number of carbonyl (C=O) groups is 11. The van der Waals surface area contributed by atoms with Crippen LogP contribution >= 0.6 is 0 Å². The van der Waals surface area contributed by atoms with E-state index in [1.54, 1.807) is 0 Å². The Morgan fingerprint density at radius 3 is 0.954 bits per heavy atom. The van der Waals surface area contributed by atoms with Crippen molar-refractivity contribution < 1.29 is 146 Å². The molecular weight excluding hydrogens is 1720 g/mol. The first-order valence-corrected chi connectivity index (χ1v) is 47.2. The summed E-state index contributed by atoms with van der Waals surface area (Å²) >= 11 is 0. The molecule has 11 amide bonds. The summed E-state index contributed by atoms with van der Waals surface area (Å²) < 4.78 is 54.7. The van der Waals surface area contributed by atoms with Crippen LogP contribution < -0.4 is 58.5 Å². The number of aliphatic hydroxyl groups is 9. The maximum atomic E-state index is 14.1. The van der Waals surface area contributed by atoms with Crippen LogP contribution in [0.15, 0.2) is 0 Å². The number of carbonyl (C=O) groups excluding carboxylic acids is 11. The normalized spacial score (nSPS) is 23.1. The minimum Gasteiger partial charge on any atom is -0.394 e. The molecule has 4 rings (SSSR count). The van der Waals surface area contributed by atoms with Gasteiger partial charge >= 0.3 is 5.96 Å². The fraction of sp³-hybridized carbons (Fsp3) is 0.864. The highest BCUT2D eigenvalue weighted by Gasteiger charge is 2.49. The van der Waals surface area contributed by atoms with Crippen LogP contribution in [0.25, 0.3) is 0 Å². The second-order valence-electron chi connectivity index (χ2n) is 35.2. The summed E-state index contributed by atoms with van der Waals surface area (Å²) in [6, 6.07) is -3.29. The number of likely N-dealkylation sites (N-methyl/N-ethyl adjacent to an activating group) is 1. The molecule has 0 bridgehead atoms. The molecule has 0 saturated carbocycles. The highest BCUT2D eigenvalue weighted by molar-refractivity contribution is 5.80. The van der Waals surface area contributed by atoms with Gasteiger partial charge in [0.1, 0.15) is 78.6 Å². The lowest BCUT2D eigenvalue weighted by Crippen LogP contribution is -2.64. The van der Waals surface area contributed by atoms with Gasteiger partial charge in [-0.3, -0.25) is 67.1 Å². The maximum Gasteiger partial charge on any atom is 0.350 e. The van der Waals surface area contributed by atoms with Crippen molar-refractivity contribution in [2.24, 2.45) is 0 Å². The van der Waals surface area contributed by atoms with E-state index in [0.717, 1.165) is 90.3 Å². The van der Waals surface area contributed by atoms with E-state index >= 15 is 0 Å². The van der Waals surface area contributed by atoms with Crippen LogP contribution in [0, 0.1) is 0 Å². The molecule has 3 fully saturated rings. The van der Waals surface area contributed by atoms with Crippen molar-refractivity contribution in [1.82, 2.24) is 68.3 Å². The van der Waals surface area contributed by atoms with Gasteiger partial charge in [0.25, 0.3) is 0 Å². The van der Waals surface area contributed by atoms with Crippen molar-refractivity contribution in [3.63, 3.8) is 0 Å². The van der Waals surface area contributed by atoms with Gasteiger partial charge in [-0.25, -0.2) is 0 Å². The maximum absolute atomic E-state index is 14.1. The van der Waals surface area contributed by atoms with Crippen molar-refractivity contribution >= 4 is 70.9 Å². The summed E-state index contributed by atoms with van der Waals surface area (Å²) in [5, 5.41) is 122. The molecule has 756 valence electrons. The van der Waals surface area contributed by atoms with Gasteiger partial charge < -0.3 is 147 Å². The lowest BCUT2D eigenvalue weighted by molar-refractivity contribution is -0.492. The van der Waals surface area contributed by atoms with Crippen LogP contribution in [0.5, 0.6) is 0 Å². The van der Waals surface area contributed by atoms with E-state index in [0.29, 0.717) is 77.2 Å². The van der Waals surface area contributed by atoms with E-state index in [1.165, 1.54) is 26.7 Å². The van der Waals surface area contributed by atoms with Gasteiger partial charge in [0.2, 0.25) is 65.0 Å². The molecular formula is C88H161N14O29+. The third-order valence-electron chi connectivity index (χ3n) is 22.8. The van der Waals surface area contributed by atoms with Crippen LogP contribution in [0.1, 0.15) is 228 Å². The highest BCUT2D eigenvalue weighted by Crippen LogP contribution is 2.27. The zero-order chi connectivity index (χ0) is 96.5. The minimum atomic E-state index is -1.46. The van der Waals surface area contributed by atoms with Gasteiger partial charge in [0.15, 0.2) is 18.9 Å². The van der Waals surface area contributed by atoms with Gasteiger partial charge in [-0.05, 0) is 104 Å². The monoisotopic (exact) mass is 1880 g/mol. The van der Waals surface area contributed by atoms with E-state index in [2.05, 4.69) is 108 Å². The second-order valence-corrected chi connectivity index (χ2v) is 35.2. The Morgan fingerprint density at radius 2 is 0.649 bits per heavy atom. The molecule has 3 saturated heterocycles. The SMILES string of the molecule is CC(=O)NC1[C@H](OCCCCC(=O)NCCCNC(=O)CCOCC(COCCC(=O)NCCCNC(=O)CCCCO[C@@H]2OC(CO)[C@H](O)[C@H](O)C2NC(C)=O)(COCCC(=O)NCCCNC(=O)CCCCO[C@@H]2OC(CO)[C@H](O)[C@H](O)C2NC(C)=O)NC(=O)CCCCCCCCCCC(=O)NCCCCCCN2CC[N+](C)=C2N(C)C(C)(C)C)OC(CO)[C@H](O)[C@@H]1O. The molecule has 4 aliphatic heterocycles. The molecule has 43 nitrogen and oxygen atoms in total. The van der Waals surface area contributed by atoms with Crippen LogP contribution in [0.2, 0.25) is 0 Å². The van der Waals surface area contributed by atoms with Gasteiger partial charge in [-0.1, -0.05) is 51.4 Å². The van der Waals surface area contributed by atoms with Gasteiger partial charge in [0.05, 0.1) is 98.7 Å². The minimum absolute atomic E-state index is 0.0289. The Kier molecular flexibility index (Phi) is 58.6. The predicted molar refractivity (Wildman–Crippen MR) is 477 cm³/mol. The molecule has 15 atom stereocenters. The highest BCUT2D eigenvalue weighted by atomic mass is 16.7. The van der Waals surface area contributed by atoms with Gasteiger partial charge in [0, 0.05) is 138 Å². The van der Waals surface area contributed by atoms with Crippen LogP contribution in [-0.2, 0) is 95.4 Å². The van der Waals surface area contributed by atoms with Crippen LogP contribution in [-0.4, -0.2) is 393 Å². The molecule has 43 heteroatoms. The summed E-state index contributed by atoms with van der Waals surface area (Å²) in [6.45, 7) is 12.8. The number of unbranched alkanes of at least 4 members (excludes halogenated alkanes) is 13. The number of amides is 11. The quantitative estimate of drug-likeness (QED) is 0.0212. The van der Waals surface area contributed by atoms with Crippen LogP contribution in [0.3, 0.4) is 0 Å². The zero-order valence-electron chi connectivity index (χ0n) is 78.8. The third-order valence-corrected chi connectivity index (χ3v) is 22.8. The lowest BCUT2D eigenvalue weighted by Gasteiger charge is -2.42. The molecule has 4 aliphatic rings. The summed E-state index contributed by atoms with van der Waals surface area (Å²) in [7, 11) is 4.31. The molecule has 0 aromatic rings. The lowest BCUT2D eigenvalue weighted by atomic mass is 9.97. The molecule has 6 unspecified atom stereocenters. The van der Waals surface area contributed by atoms with E-state index in [1.807, 2.05) is 0 Å². The summed E-state index contributed by atoms with van der Waals surface area (Å²) in [5.74, 6) is -2.33. The van der Waals surface area contributed by atoms with E-state index in [-0.39, 0.29) is 196 Å². The number of nitrogens with one attached hydrogen (secondary N) is 11. The fourth-order valence-corrected chi connectivity index (χ4v) is 15.1. The Morgan fingerprint density at radius 1 is 0.374 bits per heavy atom. The van der Waals surface area contributed by atoms with Crippen molar-refractivity contribution in [2.75, 3.05) is 159 Å². The standard InChI is InChI=1S/C88H160N14O29/c1-60(106)96-74-80(120)77(117)63(54-103)129-83(74)126-48-24-19-31-67(110)90-39-27-42-93-70(113)35-51-123-57-88(58-124-52-36-71(114)94-43-28-40-91-68(111)32-20-25-49-127-84-75(97-61(2)107)81(121)78(118)64(55-104)130-84,59-125-53-37-72(115)95-44-29-41-92-69(112)33-21-26-50-128-85-76(98-62(3)108)82(122)79(119)65(56-105)131-85)99-73(116)34-18-14-12-10-9-11-13-17-30-66(109)89-38-22-15-16-23-45-102-47-46-100(7)86(102)101(8)87(4,5)6/h63-65,74-85,103-105,117-122H,9-59H2,1-8H3,(H10-,89,90,91,92,93,94,95,96,97,98,99,106,107,108,109,110,111,112,113,114,115,116)/p+1/t63?,64?,65?,74?,75?,76?,77-,78-,79-,80+,81+,82+,83+,84+,85+,88?/m0/s1. The second kappa shape index (κ2) is 66.2. The topological polar surface area (TPSA) is 595 Å². The van der Waals surface area contributed by atoms with Crippen molar-refractivity contribution in [3.8, 4) is 0 Å². The Labute approximate surface area is 771 Å². The number of aliphatic hydroxyl groups excluding tert-OH is 9. The van der Waals surface area contributed by atoms with Crippen molar-refractivity contribution in [1.29, 1.82) is 0 Å². The Bertz CT molecular complexity index is 3110. The molecule has 0 aliphatic carbocycles. The fourth-order valence-electron chi connectivity index (χ4n) is 15.1.